The van der Waals surface area contributed by atoms with Crippen LogP contribution >= 0.6 is 0 Å². The van der Waals surface area contributed by atoms with E-state index in [2.05, 4.69) is 10.6 Å². The number of carbonyl (C=O) groups is 1. The summed E-state index contributed by atoms with van der Waals surface area (Å²) < 4.78 is 5.45. The van der Waals surface area contributed by atoms with Gasteiger partial charge in [0, 0.05) is 5.69 Å². The molecule has 1 aromatic heterocycles. The zero-order valence-corrected chi connectivity index (χ0v) is 10.4. The van der Waals surface area contributed by atoms with E-state index in [9.17, 15) is 4.79 Å². The summed E-state index contributed by atoms with van der Waals surface area (Å²) in [6, 6.07) is 12.6. The maximum absolute atomic E-state index is 11.7. The number of carbonyl (C=O) groups excluding carboxylic acids is 1. The smallest absolute Gasteiger partial charge is 0.319 e. The van der Waals surface area contributed by atoms with E-state index >= 15 is 0 Å². The van der Waals surface area contributed by atoms with Gasteiger partial charge in [-0.2, -0.15) is 0 Å². The molecule has 0 aliphatic carbocycles. The quantitative estimate of drug-likeness (QED) is 0.868. The van der Waals surface area contributed by atoms with Crippen molar-refractivity contribution in [2.75, 3.05) is 5.32 Å². The van der Waals surface area contributed by atoms with E-state index in [4.69, 9.17) is 4.42 Å². The van der Waals surface area contributed by atoms with Crippen LogP contribution in [0.25, 0.3) is 0 Å². The number of furan rings is 1. The molecular formula is C14H16N2O2. The first-order valence-electron chi connectivity index (χ1n) is 5.84. The first kappa shape index (κ1) is 12.2. The first-order valence-corrected chi connectivity index (χ1v) is 5.84. The molecule has 4 nitrogen and oxygen atoms in total. The Bertz CT molecular complexity index is 520. The molecule has 2 rings (SSSR count). The van der Waals surface area contributed by atoms with Gasteiger partial charge < -0.3 is 15.1 Å². The molecule has 2 N–H and O–H groups in total. The second-order valence-corrected chi connectivity index (χ2v) is 4.13. The highest BCUT2D eigenvalue weighted by atomic mass is 16.3. The molecule has 0 fully saturated rings. The summed E-state index contributed by atoms with van der Waals surface area (Å²) in [5.41, 5.74) is 0.762. The standard InChI is InChI=1S/C14H16N2O2/c1-10-8-9-13(18-10)11(2)15-14(17)16-12-6-4-3-5-7-12/h3-9,11H,1-2H3,(H2,15,16,17). The number of rotatable bonds is 3. The van der Waals surface area contributed by atoms with Gasteiger partial charge in [0.25, 0.3) is 0 Å². The molecule has 0 saturated heterocycles. The zero-order valence-electron chi connectivity index (χ0n) is 10.4. The van der Waals surface area contributed by atoms with Crippen LogP contribution in [0.5, 0.6) is 0 Å². The van der Waals surface area contributed by atoms with Crippen LogP contribution in [0.1, 0.15) is 24.5 Å². The molecule has 1 unspecified atom stereocenters. The molecule has 1 aromatic carbocycles. The van der Waals surface area contributed by atoms with Crippen molar-refractivity contribution in [3.05, 3.63) is 54.0 Å². The highest BCUT2D eigenvalue weighted by Gasteiger charge is 2.12. The van der Waals surface area contributed by atoms with Crippen LogP contribution in [0.4, 0.5) is 10.5 Å². The van der Waals surface area contributed by atoms with Gasteiger partial charge in [0.05, 0.1) is 6.04 Å². The first-order chi connectivity index (χ1) is 8.65. The van der Waals surface area contributed by atoms with Crippen molar-refractivity contribution >= 4 is 11.7 Å². The van der Waals surface area contributed by atoms with Crippen molar-refractivity contribution < 1.29 is 9.21 Å². The molecule has 1 atom stereocenters. The number of anilines is 1. The average Bonchev–Trinajstić information content (AvgIpc) is 2.77. The number of para-hydroxylation sites is 1. The summed E-state index contributed by atoms with van der Waals surface area (Å²) in [6.45, 7) is 3.75. The molecule has 4 heteroatoms. The minimum absolute atomic E-state index is 0.164. The third kappa shape index (κ3) is 3.13. The lowest BCUT2D eigenvalue weighted by molar-refractivity contribution is 0.247. The number of amides is 2. The summed E-state index contributed by atoms with van der Waals surface area (Å²) >= 11 is 0. The van der Waals surface area contributed by atoms with Crippen LogP contribution in [0.15, 0.2) is 46.9 Å². The van der Waals surface area contributed by atoms with Crippen molar-refractivity contribution in [2.24, 2.45) is 0 Å². The highest BCUT2D eigenvalue weighted by molar-refractivity contribution is 5.89. The molecule has 0 aliphatic heterocycles. The summed E-state index contributed by atoms with van der Waals surface area (Å²) in [4.78, 5) is 11.7. The van der Waals surface area contributed by atoms with Gasteiger partial charge in [0.15, 0.2) is 0 Å². The Balaban J connectivity index is 1.92. The minimum atomic E-state index is -0.247. The summed E-state index contributed by atoms with van der Waals surface area (Å²) in [5.74, 6) is 1.58. The largest absolute Gasteiger partial charge is 0.464 e. The van der Waals surface area contributed by atoms with Crippen molar-refractivity contribution in [3.63, 3.8) is 0 Å². The van der Waals surface area contributed by atoms with Crippen LogP contribution in [-0.4, -0.2) is 6.03 Å². The van der Waals surface area contributed by atoms with Crippen LogP contribution in [0.2, 0.25) is 0 Å². The summed E-state index contributed by atoms with van der Waals surface area (Å²) in [7, 11) is 0. The van der Waals surface area contributed by atoms with Crippen molar-refractivity contribution in [1.82, 2.24) is 5.32 Å². The van der Waals surface area contributed by atoms with E-state index < -0.39 is 0 Å². The maximum Gasteiger partial charge on any atom is 0.319 e. The fourth-order valence-corrected chi connectivity index (χ4v) is 1.64. The van der Waals surface area contributed by atoms with Gasteiger partial charge in [-0.3, -0.25) is 0 Å². The van der Waals surface area contributed by atoms with Gasteiger partial charge in [-0.1, -0.05) is 18.2 Å². The zero-order chi connectivity index (χ0) is 13.0. The predicted molar refractivity (Wildman–Crippen MR) is 70.5 cm³/mol. The summed E-state index contributed by atoms with van der Waals surface area (Å²) in [6.07, 6.45) is 0. The molecule has 2 aromatic rings. The SMILES string of the molecule is Cc1ccc(C(C)NC(=O)Nc2ccccc2)o1. The normalized spacial score (nSPS) is 11.9. The Kier molecular flexibility index (Phi) is 3.67. The lowest BCUT2D eigenvalue weighted by Crippen LogP contribution is -2.30. The van der Waals surface area contributed by atoms with Gasteiger partial charge in [-0.25, -0.2) is 4.79 Å². The van der Waals surface area contributed by atoms with Gasteiger partial charge in [-0.05, 0) is 38.1 Å². The second kappa shape index (κ2) is 5.40. The number of urea groups is 1. The molecule has 94 valence electrons. The van der Waals surface area contributed by atoms with E-state index in [1.54, 1.807) is 0 Å². The predicted octanol–water partition coefficient (Wildman–Crippen LogP) is 3.47. The van der Waals surface area contributed by atoms with Crippen LogP contribution in [0, 0.1) is 6.92 Å². The van der Waals surface area contributed by atoms with E-state index in [1.807, 2.05) is 56.3 Å². The Morgan fingerprint density at radius 2 is 1.89 bits per heavy atom. The number of hydrogen-bond acceptors (Lipinski definition) is 2. The number of aryl methyl sites for hydroxylation is 1. The Labute approximate surface area is 106 Å². The summed E-state index contributed by atoms with van der Waals surface area (Å²) in [5, 5.41) is 5.57. The molecular weight excluding hydrogens is 228 g/mol. The van der Waals surface area contributed by atoms with E-state index in [1.165, 1.54) is 0 Å². The van der Waals surface area contributed by atoms with Crippen molar-refractivity contribution in [3.8, 4) is 0 Å². The average molecular weight is 244 g/mol. The lowest BCUT2D eigenvalue weighted by Gasteiger charge is -2.12. The fraction of sp³-hybridized carbons (Fsp3) is 0.214. The molecule has 0 aliphatic rings. The monoisotopic (exact) mass is 244 g/mol. The van der Waals surface area contributed by atoms with Gasteiger partial charge in [-0.15, -0.1) is 0 Å². The van der Waals surface area contributed by atoms with Crippen LogP contribution in [-0.2, 0) is 0 Å². The second-order valence-electron chi connectivity index (χ2n) is 4.13. The fourth-order valence-electron chi connectivity index (χ4n) is 1.64. The van der Waals surface area contributed by atoms with Crippen molar-refractivity contribution in [2.45, 2.75) is 19.9 Å². The molecule has 0 radical (unpaired) electrons. The molecule has 0 bridgehead atoms. The number of hydrogen-bond donors (Lipinski definition) is 2. The molecule has 0 saturated carbocycles. The topological polar surface area (TPSA) is 54.3 Å². The van der Waals surface area contributed by atoms with E-state index in [0.29, 0.717) is 0 Å². The van der Waals surface area contributed by atoms with Crippen LogP contribution < -0.4 is 10.6 Å². The Hall–Kier alpha value is -2.23. The minimum Gasteiger partial charge on any atom is -0.464 e. The maximum atomic E-state index is 11.7. The third-order valence-corrected chi connectivity index (χ3v) is 2.57. The van der Waals surface area contributed by atoms with Crippen LogP contribution in [0.3, 0.4) is 0 Å². The Morgan fingerprint density at radius 1 is 1.17 bits per heavy atom. The molecule has 0 spiro atoms. The lowest BCUT2D eigenvalue weighted by atomic mass is 10.2. The molecule has 1 heterocycles. The van der Waals surface area contributed by atoms with Gasteiger partial charge in [0.2, 0.25) is 0 Å². The third-order valence-electron chi connectivity index (χ3n) is 2.57. The molecule has 2 amide bonds. The highest BCUT2D eigenvalue weighted by Crippen LogP contribution is 2.15. The number of nitrogens with one attached hydrogen (secondary N) is 2. The van der Waals surface area contributed by atoms with Gasteiger partial charge >= 0.3 is 6.03 Å². The van der Waals surface area contributed by atoms with E-state index in [0.717, 1.165) is 17.2 Å². The molecule has 18 heavy (non-hydrogen) atoms. The number of benzene rings is 1. The van der Waals surface area contributed by atoms with Crippen molar-refractivity contribution in [1.29, 1.82) is 0 Å². The van der Waals surface area contributed by atoms with Gasteiger partial charge in [0.1, 0.15) is 11.5 Å². The van der Waals surface area contributed by atoms with E-state index in [-0.39, 0.29) is 12.1 Å². The Morgan fingerprint density at radius 3 is 2.50 bits per heavy atom.